The minimum Gasteiger partial charge on any atom is -0.314 e. The van der Waals surface area contributed by atoms with Gasteiger partial charge in [0.15, 0.2) is 0 Å². The smallest absolute Gasteiger partial charge is 0.0178 e. The van der Waals surface area contributed by atoms with Crippen LogP contribution in [-0.4, -0.2) is 12.6 Å². The molecule has 0 aliphatic rings. The fraction of sp³-hybridized carbons (Fsp3) is 0.500. The van der Waals surface area contributed by atoms with Crippen molar-refractivity contribution in [1.29, 1.82) is 0 Å². The van der Waals surface area contributed by atoms with Crippen molar-refractivity contribution < 1.29 is 0 Å². The lowest BCUT2D eigenvalue weighted by atomic mass is 10.00. The van der Waals surface area contributed by atoms with Gasteiger partial charge in [-0.2, -0.15) is 0 Å². The molecule has 2 heteroatoms. The average Bonchev–Trinajstić information content (AvgIpc) is 2.32. The Balaban J connectivity index is 2.56. The molecule has 1 N–H and O–H groups in total. The van der Waals surface area contributed by atoms with E-state index in [1.54, 1.807) is 0 Å². The zero-order valence-electron chi connectivity index (χ0n) is 11.5. The summed E-state index contributed by atoms with van der Waals surface area (Å²) in [6.45, 7) is 9.40. The Morgan fingerprint density at radius 3 is 2.83 bits per heavy atom. The molecular formula is C16H24BrN. The molecule has 0 amide bonds. The van der Waals surface area contributed by atoms with Crippen molar-refractivity contribution in [2.24, 2.45) is 0 Å². The largest absolute Gasteiger partial charge is 0.314 e. The molecule has 1 atom stereocenters. The maximum Gasteiger partial charge on any atom is 0.0178 e. The Morgan fingerprint density at radius 2 is 2.22 bits per heavy atom. The molecule has 100 valence electrons. The van der Waals surface area contributed by atoms with Crippen LogP contribution in [0.1, 0.15) is 38.7 Å². The number of halogens is 1. The topological polar surface area (TPSA) is 12.0 Å². The van der Waals surface area contributed by atoms with Crippen LogP contribution in [0.4, 0.5) is 0 Å². The minimum absolute atomic E-state index is 0.552. The second-order valence-corrected chi connectivity index (χ2v) is 5.90. The summed E-state index contributed by atoms with van der Waals surface area (Å²) in [5, 5.41) is 3.64. The monoisotopic (exact) mass is 309 g/mol. The van der Waals surface area contributed by atoms with Gasteiger partial charge in [-0.25, -0.2) is 0 Å². The molecule has 1 nitrogen and oxygen atoms in total. The molecule has 0 aliphatic carbocycles. The van der Waals surface area contributed by atoms with E-state index in [9.17, 15) is 0 Å². The normalized spacial score (nSPS) is 12.4. The summed E-state index contributed by atoms with van der Waals surface area (Å²) in [5.41, 5.74) is 2.66. The van der Waals surface area contributed by atoms with Crippen molar-refractivity contribution in [3.8, 4) is 0 Å². The molecule has 0 radical (unpaired) electrons. The third-order valence-electron chi connectivity index (χ3n) is 2.97. The molecule has 0 heterocycles. The molecule has 0 aliphatic heterocycles. The van der Waals surface area contributed by atoms with Gasteiger partial charge in [0.2, 0.25) is 0 Å². The SMILES string of the molecule is C=C(C)CCC(Cc1cccc(Br)c1)NCCC. The molecule has 0 spiro atoms. The Bertz CT molecular complexity index is 373. The molecule has 0 saturated heterocycles. The van der Waals surface area contributed by atoms with Crippen molar-refractivity contribution in [2.75, 3.05) is 6.54 Å². The number of allylic oxidation sites excluding steroid dienone is 1. The highest BCUT2D eigenvalue weighted by atomic mass is 79.9. The summed E-state index contributed by atoms with van der Waals surface area (Å²) in [7, 11) is 0. The molecule has 1 rings (SSSR count). The van der Waals surface area contributed by atoms with E-state index in [0.717, 1.165) is 23.9 Å². The zero-order chi connectivity index (χ0) is 13.4. The van der Waals surface area contributed by atoms with Gasteiger partial charge in [0.25, 0.3) is 0 Å². The Morgan fingerprint density at radius 1 is 1.44 bits per heavy atom. The predicted molar refractivity (Wildman–Crippen MR) is 84.0 cm³/mol. The lowest BCUT2D eigenvalue weighted by Crippen LogP contribution is -2.31. The molecule has 18 heavy (non-hydrogen) atoms. The summed E-state index contributed by atoms with van der Waals surface area (Å²) >= 11 is 3.53. The average molecular weight is 310 g/mol. The highest BCUT2D eigenvalue weighted by Crippen LogP contribution is 2.15. The van der Waals surface area contributed by atoms with Crippen molar-refractivity contribution in [3.63, 3.8) is 0 Å². The first-order valence-corrected chi connectivity index (χ1v) is 7.53. The van der Waals surface area contributed by atoms with Gasteiger partial charge in [-0.3, -0.25) is 0 Å². The van der Waals surface area contributed by atoms with Crippen LogP contribution in [0.2, 0.25) is 0 Å². The number of hydrogen-bond donors (Lipinski definition) is 1. The highest BCUT2D eigenvalue weighted by molar-refractivity contribution is 9.10. The summed E-state index contributed by atoms with van der Waals surface area (Å²) in [6, 6.07) is 9.14. The number of nitrogens with one attached hydrogen (secondary N) is 1. The second kappa shape index (κ2) is 8.49. The van der Waals surface area contributed by atoms with Crippen LogP contribution in [0.5, 0.6) is 0 Å². The predicted octanol–water partition coefficient (Wildman–Crippen LogP) is 4.72. The molecule has 0 aromatic heterocycles. The zero-order valence-corrected chi connectivity index (χ0v) is 13.1. The molecule has 1 aromatic rings. The van der Waals surface area contributed by atoms with Gasteiger partial charge in [0, 0.05) is 10.5 Å². The van der Waals surface area contributed by atoms with Gasteiger partial charge in [0.05, 0.1) is 0 Å². The van der Waals surface area contributed by atoms with E-state index in [0.29, 0.717) is 6.04 Å². The van der Waals surface area contributed by atoms with Gasteiger partial charge < -0.3 is 5.32 Å². The lowest BCUT2D eigenvalue weighted by Gasteiger charge is -2.19. The Kier molecular flexibility index (Phi) is 7.29. The van der Waals surface area contributed by atoms with Gasteiger partial charge in [-0.05, 0) is 56.8 Å². The van der Waals surface area contributed by atoms with Crippen molar-refractivity contribution in [1.82, 2.24) is 5.32 Å². The maximum atomic E-state index is 3.99. The molecule has 0 fully saturated rings. The van der Waals surface area contributed by atoms with Crippen molar-refractivity contribution >= 4 is 15.9 Å². The van der Waals surface area contributed by atoms with Gasteiger partial charge in [-0.1, -0.05) is 40.6 Å². The second-order valence-electron chi connectivity index (χ2n) is 4.98. The summed E-state index contributed by atoms with van der Waals surface area (Å²) in [6.07, 6.45) is 4.55. The van der Waals surface area contributed by atoms with Gasteiger partial charge in [-0.15, -0.1) is 6.58 Å². The summed E-state index contributed by atoms with van der Waals surface area (Å²) < 4.78 is 1.16. The first-order chi connectivity index (χ1) is 8.61. The third-order valence-corrected chi connectivity index (χ3v) is 3.47. The Labute approximate surface area is 120 Å². The van der Waals surface area contributed by atoms with Gasteiger partial charge >= 0.3 is 0 Å². The fourth-order valence-electron chi connectivity index (χ4n) is 1.99. The quantitative estimate of drug-likeness (QED) is 0.685. The van der Waals surface area contributed by atoms with E-state index in [-0.39, 0.29) is 0 Å². The third kappa shape index (κ3) is 6.36. The standard InChI is InChI=1S/C16H24BrN/c1-4-10-18-16(9-8-13(2)3)12-14-6-5-7-15(17)11-14/h5-7,11,16,18H,2,4,8-10,12H2,1,3H3. The Hall–Kier alpha value is -0.600. The van der Waals surface area contributed by atoms with Crippen molar-refractivity contribution in [2.45, 2.75) is 45.6 Å². The van der Waals surface area contributed by atoms with Crippen molar-refractivity contribution in [3.05, 3.63) is 46.5 Å². The van der Waals surface area contributed by atoms with Crippen LogP contribution in [0, 0.1) is 0 Å². The number of hydrogen-bond acceptors (Lipinski definition) is 1. The number of rotatable bonds is 8. The summed E-state index contributed by atoms with van der Waals surface area (Å²) in [4.78, 5) is 0. The van der Waals surface area contributed by atoms with Crippen LogP contribution < -0.4 is 5.32 Å². The van der Waals surface area contributed by atoms with Crippen LogP contribution in [-0.2, 0) is 6.42 Å². The van der Waals surface area contributed by atoms with E-state index in [2.05, 4.69) is 65.9 Å². The highest BCUT2D eigenvalue weighted by Gasteiger charge is 2.09. The first kappa shape index (κ1) is 15.5. The molecule has 1 aromatic carbocycles. The minimum atomic E-state index is 0.552. The summed E-state index contributed by atoms with van der Waals surface area (Å²) in [5.74, 6) is 0. The molecule has 1 unspecified atom stereocenters. The van der Waals surface area contributed by atoms with Crippen LogP contribution in [0.25, 0.3) is 0 Å². The first-order valence-electron chi connectivity index (χ1n) is 6.74. The number of benzene rings is 1. The van der Waals surface area contributed by atoms with E-state index in [1.165, 1.54) is 24.0 Å². The fourth-order valence-corrected chi connectivity index (χ4v) is 2.44. The maximum absolute atomic E-state index is 3.99. The molecule has 0 bridgehead atoms. The van der Waals surface area contributed by atoms with E-state index >= 15 is 0 Å². The van der Waals surface area contributed by atoms with Gasteiger partial charge in [0.1, 0.15) is 0 Å². The van der Waals surface area contributed by atoms with E-state index < -0.39 is 0 Å². The molecule has 0 saturated carbocycles. The van der Waals surface area contributed by atoms with Crippen LogP contribution >= 0.6 is 15.9 Å². The lowest BCUT2D eigenvalue weighted by molar-refractivity contribution is 0.477. The van der Waals surface area contributed by atoms with Crippen LogP contribution in [0.3, 0.4) is 0 Å². The van der Waals surface area contributed by atoms with Crippen LogP contribution in [0.15, 0.2) is 40.9 Å². The van der Waals surface area contributed by atoms with E-state index in [4.69, 9.17) is 0 Å². The molecular weight excluding hydrogens is 286 g/mol. The van der Waals surface area contributed by atoms with E-state index in [1.807, 2.05) is 0 Å².